The average molecular weight is 535 g/mol. The first kappa shape index (κ1) is 27.6. The maximum absolute atomic E-state index is 14.7. The van der Waals surface area contributed by atoms with Crippen LogP contribution in [-0.2, 0) is 22.6 Å². The lowest BCUT2D eigenvalue weighted by atomic mass is 9.85. The number of nitrogens with zero attached hydrogens (tertiary/aromatic N) is 4. The van der Waals surface area contributed by atoms with Crippen LogP contribution < -0.4 is 10.6 Å². The second kappa shape index (κ2) is 10.4. The number of hydrogen-bond donors (Lipinski definition) is 2. The quantitative estimate of drug-likeness (QED) is 0.588. The second-order valence-electron chi connectivity index (χ2n) is 11.0. The lowest BCUT2D eigenvalue weighted by Crippen LogP contribution is -2.58. The first-order valence-electron chi connectivity index (χ1n) is 12.6. The molecule has 0 aliphatic carbocycles. The summed E-state index contributed by atoms with van der Waals surface area (Å²) in [6.07, 6.45) is 1.59. The van der Waals surface area contributed by atoms with Gasteiger partial charge in [0, 0.05) is 50.3 Å². The number of hydrogen-bond acceptors (Lipinski definition) is 5. The van der Waals surface area contributed by atoms with Crippen molar-refractivity contribution >= 4 is 17.8 Å². The maximum atomic E-state index is 14.7. The number of halogens is 3. The topological polar surface area (TPSA) is 99.6 Å². The molecule has 2 atom stereocenters. The Labute approximate surface area is 219 Å². The first-order chi connectivity index (χ1) is 17.8. The molecule has 2 aliphatic heterocycles. The van der Waals surface area contributed by atoms with Crippen molar-refractivity contribution in [2.75, 3.05) is 27.2 Å². The Hall–Kier alpha value is -3.41. The number of carbonyl (C=O) groups excluding carboxylic acids is 3. The summed E-state index contributed by atoms with van der Waals surface area (Å²) in [5.74, 6) is -4.20. The van der Waals surface area contributed by atoms with Gasteiger partial charge in [0.15, 0.2) is 11.6 Å². The van der Waals surface area contributed by atoms with Crippen LogP contribution in [0.25, 0.3) is 11.3 Å². The third kappa shape index (κ3) is 5.13. The van der Waals surface area contributed by atoms with E-state index in [0.29, 0.717) is 56.2 Å². The summed E-state index contributed by atoms with van der Waals surface area (Å²) >= 11 is 0. The van der Waals surface area contributed by atoms with E-state index in [-0.39, 0.29) is 23.1 Å². The molecule has 206 valence electrons. The zero-order valence-corrected chi connectivity index (χ0v) is 22.2. The largest absolute Gasteiger partial charge is 0.357 e. The molecule has 0 radical (unpaired) electrons. The van der Waals surface area contributed by atoms with Gasteiger partial charge in [-0.2, -0.15) is 9.78 Å². The number of carbonyl (C=O) groups is 3. The average Bonchev–Trinajstić information content (AvgIpc) is 3.48. The van der Waals surface area contributed by atoms with Gasteiger partial charge < -0.3 is 20.4 Å². The molecule has 4 rings (SSSR count). The van der Waals surface area contributed by atoms with Crippen LogP contribution in [0.3, 0.4) is 0 Å². The molecule has 1 aromatic heterocycles. The van der Waals surface area contributed by atoms with E-state index in [1.165, 1.54) is 11.9 Å². The normalized spacial score (nSPS) is 18.7. The first-order valence-corrected chi connectivity index (χ1v) is 12.6. The molecule has 0 bridgehead atoms. The van der Waals surface area contributed by atoms with Crippen LogP contribution in [0.15, 0.2) is 12.1 Å². The third-order valence-electron chi connectivity index (χ3n) is 7.17. The Balaban J connectivity index is 1.71. The monoisotopic (exact) mass is 534 g/mol. The van der Waals surface area contributed by atoms with E-state index in [9.17, 15) is 27.6 Å². The van der Waals surface area contributed by atoms with E-state index >= 15 is 0 Å². The number of likely N-dealkylation sites (N-methyl/N-ethyl adjacent to an activating group) is 2. The van der Waals surface area contributed by atoms with Crippen molar-refractivity contribution in [3.05, 3.63) is 40.8 Å². The van der Waals surface area contributed by atoms with E-state index in [0.717, 1.165) is 10.7 Å². The number of fused-ring (bicyclic) bond motifs is 1. The summed E-state index contributed by atoms with van der Waals surface area (Å²) in [6, 6.07) is -1.13. The molecule has 2 aromatic rings. The van der Waals surface area contributed by atoms with Crippen LogP contribution in [0.5, 0.6) is 0 Å². The molecule has 1 aromatic carbocycles. The van der Waals surface area contributed by atoms with E-state index in [1.54, 1.807) is 20.8 Å². The smallest absolute Gasteiger partial charge is 0.343 e. The minimum atomic E-state index is -1.32. The van der Waals surface area contributed by atoms with Crippen LogP contribution in [-0.4, -0.2) is 76.7 Å². The SMILES string of the molecule is CNC(=O)C1CCCN1C(=O)C(NC(=O)n1nc(-c2cc(F)c(F)cc2F)c2c1CCN(C)C2)C(C)(C)C. The van der Waals surface area contributed by atoms with Crippen molar-refractivity contribution in [3.63, 3.8) is 0 Å². The molecule has 12 heteroatoms. The molecule has 38 heavy (non-hydrogen) atoms. The van der Waals surface area contributed by atoms with Crippen LogP contribution >= 0.6 is 0 Å². The van der Waals surface area contributed by atoms with Crippen molar-refractivity contribution in [1.82, 2.24) is 30.2 Å². The number of nitrogens with one attached hydrogen (secondary N) is 2. The highest BCUT2D eigenvalue weighted by Gasteiger charge is 2.42. The summed E-state index contributed by atoms with van der Waals surface area (Å²) in [7, 11) is 3.36. The highest BCUT2D eigenvalue weighted by atomic mass is 19.2. The fourth-order valence-electron chi connectivity index (χ4n) is 5.11. The summed E-state index contributed by atoms with van der Waals surface area (Å²) in [6.45, 7) is 6.71. The molecule has 0 saturated carbocycles. The van der Waals surface area contributed by atoms with Crippen molar-refractivity contribution in [3.8, 4) is 11.3 Å². The van der Waals surface area contributed by atoms with Crippen LogP contribution in [0.4, 0.5) is 18.0 Å². The summed E-state index contributed by atoms with van der Waals surface area (Å²) < 4.78 is 43.4. The zero-order valence-electron chi connectivity index (χ0n) is 22.2. The van der Waals surface area contributed by atoms with Gasteiger partial charge in [0.25, 0.3) is 0 Å². The Morgan fingerprint density at radius 2 is 1.76 bits per heavy atom. The summed E-state index contributed by atoms with van der Waals surface area (Å²) in [4.78, 5) is 43.0. The molecule has 1 fully saturated rings. The van der Waals surface area contributed by atoms with Gasteiger partial charge in [-0.05, 0) is 31.4 Å². The summed E-state index contributed by atoms with van der Waals surface area (Å²) in [5.41, 5.74) is 0.0956. The van der Waals surface area contributed by atoms with E-state index < -0.39 is 41.0 Å². The molecule has 9 nitrogen and oxygen atoms in total. The van der Waals surface area contributed by atoms with Gasteiger partial charge in [-0.3, -0.25) is 9.59 Å². The number of likely N-dealkylation sites (tertiary alicyclic amines) is 1. The van der Waals surface area contributed by atoms with Gasteiger partial charge in [-0.25, -0.2) is 18.0 Å². The predicted octanol–water partition coefficient (Wildman–Crippen LogP) is 2.66. The number of amides is 3. The molecule has 2 aliphatic rings. The van der Waals surface area contributed by atoms with Gasteiger partial charge in [-0.1, -0.05) is 20.8 Å². The Morgan fingerprint density at radius 3 is 2.42 bits per heavy atom. The molecule has 3 amide bonds. The van der Waals surface area contributed by atoms with Crippen molar-refractivity contribution < 1.29 is 27.6 Å². The van der Waals surface area contributed by atoms with E-state index in [1.807, 2.05) is 11.9 Å². The molecule has 2 N–H and O–H groups in total. The molecule has 1 saturated heterocycles. The summed E-state index contributed by atoms with van der Waals surface area (Å²) in [5, 5.41) is 9.71. The van der Waals surface area contributed by atoms with Crippen LogP contribution in [0, 0.1) is 22.9 Å². The van der Waals surface area contributed by atoms with Crippen molar-refractivity contribution in [1.29, 1.82) is 0 Å². The molecular weight excluding hydrogens is 501 g/mol. The second-order valence-corrected chi connectivity index (χ2v) is 11.0. The van der Waals surface area contributed by atoms with Gasteiger partial charge in [-0.15, -0.1) is 0 Å². The lowest BCUT2D eigenvalue weighted by molar-refractivity contribution is -0.141. The lowest BCUT2D eigenvalue weighted by Gasteiger charge is -2.35. The standard InChI is InChI=1S/C26H33F3N6O3/c1-26(2,3)22(24(37)34-9-6-7-20(34)23(36)30-4)31-25(38)35-19-8-10-33(5)13-15(19)21(32-35)14-11-17(28)18(29)12-16(14)27/h11-12,20,22H,6-10,13H2,1-5H3,(H,30,36)(H,31,38). The fraction of sp³-hybridized carbons (Fsp3) is 0.538. The third-order valence-corrected chi connectivity index (χ3v) is 7.17. The molecule has 2 unspecified atom stereocenters. The number of benzene rings is 1. The van der Waals surface area contributed by atoms with Crippen LogP contribution in [0.1, 0.15) is 44.9 Å². The van der Waals surface area contributed by atoms with Gasteiger partial charge in [0.05, 0.1) is 5.69 Å². The molecule has 0 spiro atoms. The zero-order chi connectivity index (χ0) is 27.9. The number of rotatable bonds is 4. The minimum absolute atomic E-state index is 0.0379. The van der Waals surface area contributed by atoms with Gasteiger partial charge in [0.2, 0.25) is 11.8 Å². The van der Waals surface area contributed by atoms with E-state index in [4.69, 9.17) is 0 Å². The molecular formula is C26H33F3N6O3. The van der Waals surface area contributed by atoms with Crippen molar-refractivity contribution in [2.45, 2.75) is 58.7 Å². The van der Waals surface area contributed by atoms with E-state index in [2.05, 4.69) is 15.7 Å². The Bertz CT molecular complexity index is 1270. The van der Waals surface area contributed by atoms with Gasteiger partial charge >= 0.3 is 6.03 Å². The number of aromatic nitrogens is 2. The fourth-order valence-corrected chi connectivity index (χ4v) is 5.11. The Kier molecular flexibility index (Phi) is 7.55. The highest BCUT2D eigenvalue weighted by Crippen LogP contribution is 2.33. The molecule has 3 heterocycles. The van der Waals surface area contributed by atoms with Crippen LogP contribution in [0.2, 0.25) is 0 Å². The minimum Gasteiger partial charge on any atom is -0.357 e. The van der Waals surface area contributed by atoms with Crippen molar-refractivity contribution in [2.24, 2.45) is 5.41 Å². The predicted molar refractivity (Wildman–Crippen MR) is 134 cm³/mol. The maximum Gasteiger partial charge on any atom is 0.343 e. The highest BCUT2D eigenvalue weighted by molar-refractivity contribution is 5.93. The van der Waals surface area contributed by atoms with Gasteiger partial charge in [0.1, 0.15) is 23.6 Å². The Morgan fingerprint density at radius 1 is 1.08 bits per heavy atom.